The molecule has 1 aromatic heterocycles. The monoisotopic (exact) mass is 332 g/mol. The number of benzene rings is 1. The van der Waals surface area contributed by atoms with Crippen LogP contribution >= 0.6 is 11.6 Å². The van der Waals surface area contributed by atoms with E-state index < -0.39 is 0 Å². The van der Waals surface area contributed by atoms with Crippen molar-refractivity contribution in [2.75, 3.05) is 11.9 Å². The normalized spacial score (nSPS) is 21.1. The average Bonchev–Trinajstić information content (AvgIpc) is 2.54. The molecule has 1 aliphatic rings. The van der Waals surface area contributed by atoms with Crippen molar-refractivity contribution in [2.45, 2.75) is 31.9 Å². The number of rotatable bonds is 5. The third kappa shape index (κ3) is 4.89. The van der Waals surface area contributed by atoms with Gasteiger partial charge in [-0.05, 0) is 49.3 Å². The summed E-state index contributed by atoms with van der Waals surface area (Å²) in [6.07, 6.45) is 7.37. The Labute approximate surface area is 141 Å². The van der Waals surface area contributed by atoms with Crippen molar-refractivity contribution in [3.05, 3.63) is 47.4 Å². The lowest BCUT2D eigenvalue weighted by atomic mass is 9.92. The number of aryl methyl sites for hydroxylation is 1. The molecule has 23 heavy (non-hydrogen) atoms. The minimum atomic E-state index is -0.0841. The Morgan fingerprint density at radius 3 is 2.83 bits per heavy atom. The Bertz CT molecular complexity index is 635. The summed E-state index contributed by atoms with van der Waals surface area (Å²) >= 11 is 5.83. The number of hydrogen-bond acceptors (Lipinski definition) is 5. The van der Waals surface area contributed by atoms with Crippen LogP contribution in [0.4, 0.5) is 11.5 Å². The molecule has 1 aromatic carbocycles. The van der Waals surface area contributed by atoms with E-state index in [0.717, 1.165) is 38.0 Å². The number of ether oxygens (including phenoxy) is 1. The highest BCUT2D eigenvalue weighted by Crippen LogP contribution is 2.23. The van der Waals surface area contributed by atoms with Crippen LogP contribution in [-0.2, 0) is 11.2 Å². The highest BCUT2D eigenvalue weighted by Gasteiger charge is 2.19. The molecule has 0 spiro atoms. The lowest BCUT2D eigenvalue weighted by Crippen LogP contribution is -2.32. The Hall–Kier alpha value is -1.69. The Morgan fingerprint density at radius 2 is 2.09 bits per heavy atom. The second-order valence-corrected chi connectivity index (χ2v) is 6.27. The zero-order valence-corrected chi connectivity index (χ0v) is 13.7. The van der Waals surface area contributed by atoms with E-state index in [2.05, 4.69) is 27.4 Å². The molecule has 5 nitrogen and oxygen atoms in total. The molecule has 1 aliphatic heterocycles. The maximum Gasteiger partial charge on any atom is 0.150 e. The third-order valence-corrected chi connectivity index (χ3v) is 4.28. The molecule has 2 aromatic rings. The van der Waals surface area contributed by atoms with Gasteiger partial charge in [-0.1, -0.05) is 23.7 Å². The summed E-state index contributed by atoms with van der Waals surface area (Å²) in [5.74, 6) is 1.31. The van der Waals surface area contributed by atoms with Gasteiger partial charge in [-0.2, -0.15) is 0 Å². The molecule has 0 aliphatic carbocycles. The van der Waals surface area contributed by atoms with Crippen LogP contribution < -0.4 is 11.1 Å². The van der Waals surface area contributed by atoms with Crippen molar-refractivity contribution in [3.8, 4) is 0 Å². The molecule has 1 fully saturated rings. The lowest BCUT2D eigenvalue weighted by molar-refractivity contribution is -0.00624. The van der Waals surface area contributed by atoms with Crippen molar-refractivity contribution < 1.29 is 4.74 Å². The van der Waals surface area contributed by atoms with E-state index in [9.17, 15) is 0 Å². The standard InChI is InChI=1S/C17H21ClN4O/c18-15-10-20-11-17(22-15)21-14-5-3-12(4-6-14)1-2-13-7-8-23-16(19)9-13/h3-6,10-11,13,16H,1-2,7-9,19H2,(H,21,22). The highest BCUT2D eigenvalue weighted by atomic mass is 35.5. The van der Waals surface area contributed by atoms with Crippen molar-refractivity contribution in [3.63, 3.8) is 0 Å². The molecule has 0 radical (unpaired) electrons. The topological polar surface area (TPSA) is 73.1 Å². The molecule has 1 saturated heterocycles. The fourth-order valence-corrected chi connectivity index (χ4v) is 2.99. The van der Waals surface area contributed by atoms with E-state index >= 15 is 0 Å². The van der Waals surface area contributed by atoms with Gasteiger partial charge in [-0.15, -0.1) is 0 Å². The fraction of sp³-hybridized carbons (Fsp3) is 0.412. The van der Waals surface area contributed by atoms with Crippen LogP contribution in [0.15, 0.2) is 36.7 Å². The van der Waals surface area contributed by atoms with Crippen molar-refractivity contribution >= 4 is 23.1 Å². The third-order valence-electron chi connectivity index (χ3n) is 4.10. The smallest absolute Gasteiger partial charge is 0.150 e. The van der Waals surface area contributed by atoms with Crippen molar-refractivity contribution in [2.24, 2.45) is 11.7 Å². The minimum Gasteiger partial charge on any atom is -0.364 e. The van der Waals surface area contributed by atoms with E-state index in [0.29, 0.717) is 16.9 Å². The van der Waals surface area contributed by atoms with Crippen LogP contribution in [0.1, 0.15) is 24.8 Å². The van der Waals surface area contributed by atoms with Gasteiger partial charge in [0.2, 0.25) is 0 Å². The van der Waals surface area contributed by atoms with Gasteiger partial charge in [-0.25, -0.2) is 4.98 Å². The summed E-state index contributed by atoms with van der Waals surface area (Å²) in [7, 11) is 0. The minimum absolute atomic E-state index is 0.0841. The lowest BCUT2D eigenvalue weighted by Gasteiger charge is -2.26. The van der Waals surface area contributed by atoms with Crippen LogP contribution in [0.5, 0.6) is 0 Å². The number of hydrogen-bond donors (Lipinski definition) is 2. The zero-order chi connectivity index (χ0) is 16.1. The number of nitrogens with zero attached hydrogens (tertiary/aromatic N) is 2. The highest BCUT2D eigenvalue weighted by molar-refractivity contribution is 6.29. The molecule has 122 valence electrons. The zero-order valence-electron chi connectivity index (χ0n) is 12.9. The van der Waals surface area contributed by atoms with E-state index in [1.165, 1.54) is 11.8 Å². The first-order chi connectivity index (χ1) is 11.2. The number of nitrogens with one attached hydrogen (secondary N) is 1. The first-order valence-electron chi connectivity index (χ1n) is 7.90. The van der Waals surface area contributed by atoms with Gasteiger partial charge < -0.3 is 15.8 Å². The molecule has 6 heteroatoms. The van der Waals surface area contributed by atoms with Crippen molar-refractivity contribution in [1.29, 1.82) is 0 Å². The molecule has 2 unspecified atom stereocenters. The Kier molecular flexibility index (Phi) is 5.43. The summed E-state index contributed by atoms with van der Waals surface area (Å²) in [4.78, 5) is 8.17. The number of halogens is 1. The molecular weight excluding hydrogens is 312 g/mol. The second-order valence-electron chi connectivity index (χ2n) is 5.89. The van der Waals surface area contributed by atoms with E-state index in [4.69, 9.17) is 22.1 Å². The summed E-state index contributed by atoms with van der Waals surface area (Å²) < 4.78 is 5.39. The predicted molar refractivity (Wildman–Crippen MR) is 91.7 cm³/mol. The van der Waals surface area contributed by atoms with Crippen LogP contribution in [0.2, 0.25) is 5.15 Å². The maximum atomic E-state index is 5.85. The summed E-state index contributed by atoms with van der Waals surface area (Å²) in [6, 6.07) is 8.38. The molecule has 3 N–H and O–H groups in total. The van der Waals surface area contributed by atoms with Gasteiger partial charge >= 0.3 is 0 Å². The van der Waals surface area contributed by atoms with Gasteiger partial charge in [0, 0.05) is 12.3 Å². The van der Waals surface area contributed by atoms with Crippen LogP contribution in [0.25, 0.3) is 0 Å². The Balaban J connectivity index is 1.52. The maximum absolute atomic E-state index is 5.85. The SMILES string of the molecule is NC1CC(CCc2ccc(Nc3cncc(Cl)n3)cc2)CCO1. The van der Waals surface area contributed by atoms with Gasteiger partial charge in [0.25, 0.3) is 0 Å². The van der Waals surface area contributed by atoms with Crippen LogP contribution in [0.3, 0.4) is 0 Å². The van der Waals surface area contributed by atoms with Crippen molar-refractivity contribution in [1.82, 2.24) is 9.97 Å². The predicted octanol–water partition coefficient (Wildman–Crippen LogP) is 3.52. The van der Waals surface area contributed by atoms with Gasteiger partial charge in [0.05, 0.1) is 12.4 Å². The quantitative estimate of drug-likeness (QED) is 0.876. The molecule has 2 atom stereocenters. The fourth-order valence-electron chi connectivity index (χ4n) is 2.84. The molecule has 3 rings (SSSR count). The summed E-state index contributed by atoms with van der Waals surface area (Å²) in [6.45, 7) is 0.787. The van der Waals surface area contributed by atoms with Gasteiger partial charge in [0.1, 0.15) is 11.4 Å². The van der Waals surface area contributed by atoms with Gasteiger partial charge in [-0.3, -0.25) is 4.98 Å². The number of anilines is 2. The van der Waals surface area contributed by atoms with Gasteiger partial charge in [0.15, 0.2) is 5.82 Å². The van der Waals surface area contributed by atoms with Crippen LogP contribution in [-0.4, -0.2) is 22.8 Å². The van der Waals surface area contributed by atoms with E-state index in [1.54, 1.807) is 6.20 Å². The second kappa shape index (κ2) is 7.73. The first kappa shape index (κ1) is 16.2. The first-order valence-corrected chi connectivity index (χ1v) is 8.27. The summed E-state index contributed by atoms with van der Waals surface area (Å²) in [5.41, 5.74) is 8.14. The number of nitrogens with two attached hydrogens (primary N) is 1. The molecule has 2 heterocycles. The van der Waals surface area contributed by atoms with Crippen LogP contribution in [0, 0.1) is 5.92 Å². The van der Waals surface area contributed by atoms with E-state index in [1.807, 2.05) is 12.1 Å². The average molecular weight is 333 g/mol. The van der Waals surface area contributed by atoms with E-state index in [-0.39, 0.29) is 6.23 Å². The largest absolute Gasteiger partial charge is 0.364 e. The molecular formula is C17H21ClN4O. The molecule has 0 bridgehead atoms. The molecule has 0 saturated carbocycles. The molecule has 0 amide bonds. The Morgan fingerprint density at radius 1 is 1.26 bits per heavy atom. The number of aromatic nitrogens is 2. The summed E-state index contributed by atoms with van der Waals surface area (Å²) in [5, 5.41) is 3.57.